The van der Waals surface area contributed by atoms with Crippen LogP contribution in [0.5, 0.6) is 17.2 Å². The molecule has 0 radical (unpaired) electrons. The van der Waals surface area contributed by atoms with Gasteiger partial charge in [0.05, 0.1) is 19.3 Å². The summed E-state index contributed by atoms with van der Waals surface area (Å²) in [6.45, 7) is 1.81. The number of hydrogen-bond donors (Lipinski definition) is 1. The molecule has 0 atom stereocenters. The van der Waals surface area contributed by atoms with Crippen LogP contribution >= 0.6 is 0 Å². The van der Waals surface area contributed by atoms with Crippen LogP contribution in [-0.2, 0) is 6.61 Å². The van der Waals surface area contributed by atoms with Crippen molar-refractivity contribution < 1.29 is 14.6 Å². The van der Waals surface area contributed by atoms with Crippen LogP contribution in [0.2, 0.25) is 0 Å². The summed E-state index contributed by atoms with van der Waals surface area (Å²) in [6, 6.07) is 12.7. The average Bonchev–Trinajstić information content (AvgIpc) is 2.49. The highest BCUT2D eigenvalue weighted by atomic mass is 16.5. The second-order valence-electron chi connectivity index (χ2n) is 4.31. The first-order valence-electron chi connectivity index (χ1n) is 6.15. The van der Waals surface area contributed by atoms with E-state index in [-0.39, 0.29) is 6.61 Å². The molecule has 4 nitrogen and oxygen atoms in total. The molecular formula is C16H15NO3. The van der Waals surface area contributed by atoms with Crippen molar-refractivity contribution >= 4 is 0 Å². The quantitative estimate of drug-likeness (QED) is 0.926. The monoisotopic (exact) mass is 269 g/mol. The van der Waals surface area contributed by atoms with Crippen LogP contribution in [0.4, 0.5) is 0 Å². The molecular weight excluding hydrogens is 254 g/mol. The second-order valence-corrected chi connectivity index (χ2v) is 4.31. The summed E-state index contributed by atoms with van der Waals surface area (Å²) in [5.41, 5.74) is 2.08. The molecule has 0 amide bonds. The number of hydrogen-bond acceptors (Lipinski definition) is 4. The highest BCUT2D eigenvalue weighted by Crippen LogP contribution is 2.35. The third-order valence-corrected chi connectivity index (χ3v) is 2.95. The Morgan fingerprint density at radius 3 is 2.65 bits per heavy atom. The minimum absolute atomic E-state index is 0.0650. The highest BCUT2D eigenvalue weighted by Gasteiger charge is 2.12. The summed E-state index contributed by atoms with van der Waals surface area (Å²) < 4.78 is 11.1. The zero-order valence-electron chi connectivity index (χ0n) is 11.4. The number of nitrogens with zero attached hydrogens (tertiary/aromatic N) is 1. The molecule has 2 rings (SSSR count). The number of aryl methyl sites for hydroxylation is 1. The number of ether oxygens (including phenoxy) is 2. The second kappa shape index (κ2) is 6.09. The van der Waals surface area contributed by atoms with Crippen molar-refractivity contribution in [1.82, 2.24) is 0 Å². The molecule has 0 saturated heterocycles. The van der Waals surface area contributed by atoms with E-state index in [1.54, 1.807) is 24.3 Å². The lowest BCUT2D eigenvalue weighted by atomic mass is 10.1. The molecule has 0 aliphatic heterocycles. The number of methoxy groups -OCH3 is 1. The Kier molecular flexibility index (Phi) is 4.24. The summed E-state index contributed by atoms with van der Waals surface area (Å²) in [5, 5.41) is 18.3. The topological polar surface area (TPSA) is 62.5 Å². The highest BCUT2D eigenvalue weighted by molar-refractivity contribution is 5.52. The lowest BCUT2D eigenvalue weighted by Gasteiger charge is -2.14. The van der Waals surface area contributed by atoms with Crippen LogP contribution in [0.15, 0.2) is 36.4 Å². The normalized spacial score (nSPS) is 9.90. The fraction of sp³-hybridized carbons (Fsp3) is 0.188. The van der Waals surface area contributed by atoms with E-state index in [1.165, 1.54) is 7.11 Å². The Bertz CT molecular complexity index is 659. The van der Waals surface area contributed by atoms with Crippen molar-refractivity contribution in [3.8, 4) is 23.3 Å². The van der Waals surface area contributed by atoms with Crippen molar-refractivity contribution in [3.05, 3.63) is 53.1 Å². The summed E-state index contributed by atoms with van der Waals surface area (Å²) >= 11 is 0. The zero-order chi connectivity index (χ0) is 14.5. The first-order valence-corrected chi connectivity index (χ1v) is 6.15. The molecule has 102 valence electrons. The summed E-state index contributed by atoms with van der Waals surface area (Å²) in [5.74, 6) is 1.55. The Hall–Kier alpha value is -2.51. The number of aliphatic hydroxyl groups is 1. The van der Waals surface area contributed by atoms with Crippen molar-refractivity contribution in [2.45, 2.75) is 13.5 Å². The van der Waals surface area contributed by atoms with Crippen molar-refractivity contribution in [1.29, 1.82) is 5.26 Å². The molecule has 0 unspecified atom stereocenters. The van der Waals surface area contributed by atoms with Gasteiger partial charge in [0.25, 0.3) is 0 Å². The predicted octanol–water partition coefficient (Wildman–Crippen LogP) is 3.16. The summed E-state index contributed by atoms with van der Waals surface area (Å²) in [6.07, 6.45) is 0. The molecule has 20 heavy (non-hydrogen) atoms. The van der Waals surface area contributed by atoms with Gasteiger partial charge in [0.15, 0.2) is 11.5 Å². The minimum atomic E-state index is -0.0650. The number of para-hydroxylation sites is 1. The molecule has 1 N–H and O–H groups in total. The van der Waals surface area contributed by atoms with Gasteiger partial charge < -0.3 is 14.6 Å². The first-order chi connectivity index (χ1) is 9.69. The van der Waals surface area contributed by atoms with Crippen molar-refractivity contribution in [2.24, 2.45) is 0 Å². The van der Waals surface area contributed by atoms with Gasteiger partial charge >= 0.3 is 0 Å². The molecule has 2 aromatic carbocycles. The molecule has 0 aromatic heterocycles. The van der Waals surface area contributed by atoms with Crippen molar-refractivity contribution in [3.63, 3.8) is 0 Å². The summed E-state index contributed by atoms with van der Waals surface area (Å²) in [7, 11) is 1.53. The van der Waals surface area contributed by atoms with E-state index in [1.807, 2.05) is 19.1 Å². The molecule has 0 aliphatic carbocycles. The number of benzene rings is 2. The average molecular weight is 269 g/mol. The first kappa shape index (κ1) is 13.9. The maximum atomic E-state index is 9.14. The Morgan fingerprint density at radius 1 is 1.20 bits per heavy atom. The van der Waals surface area contributed by atoms with E-state index in [4.69, 9.17) is 19.8 Å². The van der Waals surface area contributed by atoms with Gasteiger partial charge in [-0.3, -0.25) is 0 Å². The fourth-order valence-electron chi connectivity index (χ4n) is 1.88. The van der Waals surface area contributed by atoms with Crippen LogP contribution in [0, 0.1) is 18.3 Å². The SMILES string of the molecule is COc1cc(CO)ccc1Oc1c(C)cccc1C#N. The molecule has 0 heterocycles. The van der Waals surface area contributed by atoms with E-state index >= 15 is 0 Å². The predicted molar refractivity (Wildman–Crippen MR) is 74.9 cm³/mol. The lowest BCUT2D eigenvalue weighted by Crippen LogP contribution is -1.95. The number of nitriles is 1. The number of aliphatic hydroxyl groups excluding tert-OH is 1. The third kappa shape index (κ3) is 2.73. The molecule has 4 heteroatoms. The molecule has 0 spiro atoms. The summed E-state index contributed by atoms with van der Waals surface area (Å²) in [4.78, 5) is 0. The Balaban J connectivity index is 2.43. The van der Waals surface area contributed by atoms with Crippen LogP contribution in [0.25, 0.3) is 0 Å². The lowest BCUT2D eigenvalue weighted by molar-refractivity contribution is 0.280. The fourth-order valence-corrected chi connectivity index (χ4v) is 1.88. The van der Waals surface area contributed by atoms with Crippen LogP contribution in [-0.4, -0.2) is 12.2 Å². The Morgan fingerprint density at radius 2 is 2.00 bits per heavy atom. The largest absolute Gasteiger partial charge is 0.493 e. The van der Waals surface area contributed by atoms with Gasteiger partial charge in [0.2, 0.25) is 0 Å². The van der Waals surface area contributed by atoms with Crippen LogP contribution < -0.4 is 9.47 Å². The van der Waals surface area contributed by atoms with Gasteiger partial charge in [-0.15, -0.1) is 0 Å². The maximum absolute atomic E-state index is 9.14. The zero-order valence-corrected chi connectivity index (χ0v) is 11.4. The molecule has 0 fully saturated rings. The maximum Gasteiger partial charge on any atom is 0.169 e. The molecule has 0 saturated carbocycles. The van der Waals surface area contributed by atoms with E-state index in [0.29, 0.717) is 22.8 Å². The van der Waals surface area contributed by atoms with Gasteiger partial charge in [-0.25, -0.2) is 0 Å². The molecule has 0 bridgehead atoms. The smallest absolute Gasteiger partial charge is 0.169 e. The van der Waals surface area contributed by atoms with Gasteiger partial charge in [-0.2, -0.15) is 5.26 Å². The van der Waals surface area contributed by atoms with Crippen LogP contribution in [0.3, 0.4) is 0 Å². The molecule has 2 aromatic rings. The standard InChI is InChI=1S/C16H15NO3/c1-11-4-3-5-13(9-17)16(11)20-14-7-6-12(10-18)8-15(14)19-2/h3-8,18H,10H2,1-2H3. The Labute approximate surface area is 117 Å². The van der Waals surface area contributed by atoms with E-state index in [2.05, 4.69) is 6.07 Å². The van der Waals surface area contributed by atoms with Gasteiger partial charge in [0.1, 0.15) is 11.8 Å². The van der Waals surface area contributed by atoms with E-state index in [9.17, 15) is 0 Å². The minimum Gasteiger partial charge on any atom is -0.493 e. The van der Waals surface area contributed by atoms with E-state index < -0.39 is 0 Å². The van der Waals surface area contributed by atoms with E-state index in [0.717, 1.165) is 11.1 Å². The van der Waals surface area contributed by atoms with Gasteiger partial charge in [-0.1, -0.05) is 18.2 Å². The molecule has 0 aliphatic rings. The number of rotatable bonds is 4. The van der Waals surface area contributed by atoms with Crippen LogP contribution in [0.1, 0.15) is 16.7 Å². The van der Waals surface area contributed by atoms with Gasteiger partial charge in [-0.05, 0) is 36.2 Å². The third-order valence-electron chi connectivity index (χ3n) is 2.95. The van der Waals surface area contributed by atoms with Gasteiger partial charge in [0, 0.05) is 0 Å². The van der Waals surface area contributed by atoms with Crippen molar-refractivity contribution in [2.75, 3.05) is 7.11 Å².